The van der Waals surface area contributed by atoms with Crippen molar-refractivity contribution in [2.24, 2.45) is 17.8 Å². The average Bonchev–Trinajstić information content (AvgIpc) is 2.98. The van der Waals surface area contributed by atoms with Gasteiger partial charge in [-0.3, -0.25) is 0 Å². The van der Waals surface area contributed by atoms with E-state index >= 15 is 0 Å². The van der Waals surface area contributed by atoms with Gasteiger partial charge in [-0.25, -0.2) is 25.4 Å². The maximum Gasteiger partial charge on any atom is 0.216 e. The Labute approximate surface area is 270 Å². The molecule has 0 saturated carbocycles. The molecule has 0 aliphatic carbocycles. The molecule has 0 aromatic carbocycles. The van der Waals surface area contributed by atoms with Crippen LogP contribution in [0.3, 0.4) is 0 Å². The lowest BCUT2D eigenvalue weighted by atomic mass is 9.95. The predicted octanol–water partition coefficient (Wildman–Crippen LogP) is 4.83. The number of piperidine rings is 2. The van der Waals surface area contributed by atoms with Gasteiger partial charge in [-0.05, 0) is 97.3 Å². The summed E-state index contributed by atoms with van der Waals surface area (Å²) in [7, 11) is -4.67. The SMILES string of the molecule is CC(CCCOCCCN(C)S(=O)(=O)C(C)C)CC[C@H](C)C#CCOC1CCN(CC2CCN(S(=O)(=O)C(C)C)CC2)CC1. The first-order valence-corrected chi connectivity index (χ1v) is 20.1. The summed E-state index contributed by atoms with van der Waals surface area (Å²) in [6, 6.07) is 0. The fraction of sp³-hybridized carbons (Fsp3) is 0.939. The van der Waals surface area contributed by atoms with Crippen LogP contribution in [-0.4, -0.2) is 113 Å². The molecule has 0 amide bonds. The van der Waals surface area contributed by atoms with Gasteiger partial charge in [0.2, 0.25) is 20.0 Å². The quantitative estimate of drug-likeness (QED) is 0.145. The third-order valence-electron chi connectivity index (χ3n) is 9.19. The summed E-state index contributed by atoms with van der Waals surface area (Å²) < 4.78 is 63.9. The van der Waals surface area contributed by atoms with Crippen LogP contribution in [0.2, 0.25) is 0 Å². The molecule has 0 aromatic rings. The topological polar surface area (TPSA) is 96.5 Å². The van der Waals surface area contributed by atoms with Crippen LogP contribution in [0, 0.1) is 29.6 Å². The lowest BCUT2D eigenvalue weighted by Crippen LogP contribution is -2.45. The van der Waals surface area contributed by atoms with Crippen LogP contribution < -0.4 is 0 Å². The molecule has 2 heterocycles. The smallest absolute Gasteiger partial charge is 0.216 e. The molecule has 2 rings (SSSR count). The molecule has 258 valence electrons. The standard InChI is InChI=1S/C33H63N3O6S2/c1-28(2)43(37,38)34(7)19-10-25-41-24-8-11-30(5)13-14-31(6)12-9-26-42-33-17-20-35(21-18-33)27-32-15-22-36(23-16-32)44(39,40)29(3)4/h28-33H,8,10-11,13-27H2,1-7H3/t30?,31-/m1/s1. The van der Waals surface area contributed by atoms with E-state index in [0.29, 0.717) is 57.0 Å². The van der Waals surface area contributed by atoms with E-state index in [1.807, 2.05) is 0 Å². The van der Waals surface area contributed by atoms with Crippen LogP contribution in [0.5, 0.6) is 0 Å². The summed E-state index contributed by atoms with van der Waals surface area (Å²) in [5.41, 5.74) is 0. The molecular weight excluding hydrogens is 599 g/mol. The monoisotopic (exact) mass is 661 g/mol. The third-order valence-corrected chi connectivity index (χ3v) is 13.7. The summed E-state index contributed by atoms with van der Waals surface area (Å²) in [6.07, 6.45) is 9.38. The summed E-state index contributed by atoms with van der Waals surface area (Å²) in [4.78, 5) is 2.53. The van der Waals surface area contributed by atoms with Gasteiger partial charge < -0.3 is 14.4 Å². The fourth-order valence-electron chi connectivity index (χ4n) is 5.91. The molecule has 2 aliphatic rings. The molecule has 0 bridgehead atoms. The second-order valence-electron chi connectivity index (χ2n) is 13.7. The molecule has 2 aliphatic heterocycles. The largest absolute Gasteiger partial charge is 0.381 e. The molecule has 2 saturated heterocycles. The van der Waals surface area contributed by atoms with Crippen molar-refractivity contribution in [3.63, 3.8) is 0 Å². The molecule has 9 nitrogen and oxygen atoms in total. The minimum absolute atomic E-state index is 0.283. The number of rotatable bonds is 19. The van der Waals surface area contributed by atoms with E-state index in [1.54, 1.807) is 39.0 Å². The highest BCUT2D eigenvalue weighted by Gasteiger charge is 2.31. The zero-order chi connectivity index (χ0) is 32.8. The van der Waals surface area contributed by atoms with Gasteiger partial charge in [-0.1, -0.05) is 25.7 Å². The number of hydrogen-bond donors (Lipinski definition) is 0. The van der Waals surface area contributed by atoms with Gasteiger partial charge in [0, 0.05) is 65.4 Å². The first-order chi connectivity index (χ1) is 20.7. The molecular formula is C33H63N3O6S2. The first kappa shape index (κ1) is 39.4. The van der Waals surface area contributed by atoms with Gasteiger partial charge in [-0.2, -0.15) is 0 Å². The zero-order valence-electron chi connectivity index (χ0n) is 28.8. The molecule has 0 radical (unpaired) electrons. The Morgan fingerprint density at radius 3 is 2.07 bits per heavy atom. The molecule has 0 aromatic heterocycles. The third kappa shape index (κ3) is 13.9. The van der Waals surface area contributed by atoms with Gasteiger partial charge in [0.15, 0.2) is 0 Å². The van der Waals surface area contributed by atoms with Gasteiger partial charge in [0.05, 0.1) is 16.6 Å². The van der Waals surface area contributed by atoms with E-state index < -0.39 is 20.0 Å². The van der Waals surface area contributed by atoms with Crippen molar-refractivity contribution in [1.29, 1.82) is 0 Å². The Morgan fingerprint density at radius 1 is 0.818 bits per heavy atom. The molecule has 0 spiro atoms. The van der Waals surface area contributed by atoms with Gasteiger partial charge in [0.25, 0.3) is 0 Å². The molecule has 0 N–H and O–H groups in total. The number of sulfonamides is 2. The van der Waals surface area contributed by atoms with Crippen molar-refractivity contribution in [1.82, 2.24) is 13.5 Å². The second-order valence-corrected chi connectivity index (χ2v) is 18.8. The highest BCUT2D eigenvalue weighted by Crippen LogP contribution is 2.24. The average molecular weight is 662 g/mol. The molecule has 2 atom stereocenters. The normalized spacial score (nSPS) is 19.9. The van der Waals surface area contributed by atoms with Crippen LogP contribution in [0.25, 0.3) is 0 Å². The number of nitrogens with zero attached hydrogens (tertiary/aromatic N) is 3. The Morgan fingerprint density at radius 2 is 1.45 bits per heavy atom. The highest BCUT2D eigenvalue weighted by atomic mass is 32.2. The van der Waals surface area contributed by atoms with Crippen molar-refractivity contribution in [3.05, 3.63) is 0 Å². The number of hydrogen-bond acceptors (Lipinski definition) is 7. The Balaban J connectivity index is 1.48. The van der Waals surface area contributed by atoms with E-state index in [9.17, 15) is 16.8 Å². The van der Waals surface area contributed by atoms with Crippen molar-refractivity contribution in [3.8, 4) is 11.8 Å². The Hall–Kier alpha value is -0.740. The Kier molecular flexibility index (Phi) is 17.8. The molecule has 11 heteroatoms. The summed E-state index contributed by atoms with van der Waals surface area (Å²) in [6.45, 7) is 18.2. The van der Waals surface area contributed by atoms with Crippen LogP contribution >= 0.6 is 0 Å². The minimum Gasteiger partial charge on any atom is -0.381 e. The van der Waals surface area contributed by atoms with Crippen LogP contribution in [0.1, 0.15) is 99.3 Å². The lowest BCUT2D eigenvalue weighted by molar-refractivity contribution is 0.0188. The van der Waals surface area contributed by atoms with E-state index in [4.69, 9.17) is 9.47 Å². The van der Waals surface area contributed by atoms with E-state index in [-0.39, 0.29) is 16.6 Å². The van der Waals surface area contributed by atoms with Crippen LogP contribution in [-0.2, 0) is 29.5 Å². The maximum atomic E-state index is 12.4. The van der Waals surface area contributed by atoms with E-state index in [2.05, 4.69) is 30.6 Å². The molecule has 1 unspecified atom stereocenters. The van der Waals surface area contributed by atoms with E-state index in [1.165, 1.54) is 4.31 Å². The second kappa shape index (κ2) is 19.8. The van der Waals surface area contributed by atoms with Gasteiger partial charge >= 0.3 is 0 Å². The fourth-order valence-corrected chi connectivity index (χ4v) is 8.33. The van der Waals surface area contributed by atoms with Gasteiger partial charge in [-0.15, -0.1) is 0 Å². The zero-order valence-corrected chi connectivity index (χ0v) is 30.4. The van der Waals surface area contributed by atoms with E-state index in [0.717, 1.165) is 77.6 Å². The van der Waals surface area contributed by atoms with Crippen molar-refractivity contribution in [2.45, 2.75) is 116 Å². The van der Waals surface area contributed by atoms with Gasteiger partial charge in [0.1, 0.15) is 6.61 Å². The number of ether oxygens (including phenoxy) is 2. The van der Waals surface area contributed by atoms with Crippen molar-refractivity contribution in [2.75, 3.05) is 66.1 Å². The Bertz CT molecular complexity index is 1070. The highest BCUT2D eigenvalue weighted by molar-refractivity contribution is 7.89. The van der Waals surface area contributed by atoms with Crippen LogP contribution in [0.15, 0.2) is 0 Å². The first-order valence-electron chi connectivity index (χ1n) is 17.1. The minimum atomic E-state index is -3.18. The lowest BCUT2D eigenvalue weighted by Gasteiger charge is -2.37. The predicted molar refractivity (Wildman–Crippen MR) is 180 cm³/mol. The molecule has 2 fully saturated rings. The van der Waals surface area contributed by atoms with Crippen molar-refractivity contribution >= 4 is 20.0 Å². The number of likely N-dealkylation sites (tertiary alicyclic amines) is 1. The maximum absolute atomic E-state index is 12.4. The van der Waals surface area contributed by atoms with Crippen molar-refractivity contribution < 1.29 is 26.3 Å². The van der Waals surface area contributed by atoms with Crippen LogP contribution in [0.4, 0.5) is 0 Å². The summed E-state index contributed by atoms with van der Waals surface area (Å²) in [5, 5.41) is -0.729. The summed E-state index contributed by atoms with van der Waals surface area (Å²) in [5.74, 6) is 8.20. The summed E-state index contributed by atoms with van der Waals surface area (Å²) >= 11 is 0. The molecule has 44 heavy (non-hydrogen) atoms.